The number of hydrogen-bond acceptors (Lipinski definition) is 5. The van der Waals surface area contributed by atoms with Gasteiger partial charge in [0.2, 0.25) is 5.88 Å². The first-order valence-electron chi connectivity index (χ1n) is 9.31. The van der Waals surface area contributed by atoms with Crippen molar-refractivity contribution in [3.8, 4) is 17.3 Å². The molecular weight excluding hydrogens is 359 g/mol. The average Bonchev–Trinajstić information content (AvgIpc) is 3.24. The van der Waals surface area contributed by atoms with Crippen LogP contribution in [0.1, 0.15) is 36.6 Å². The van der Waals surface area contributed by atoms with Crippen molar-refractivity contribution >= 4 is 5.65 Å². The molecule has 1 saturated carbocycles. The van der Waals surface area contributed by atoms with Crippen LogP contribution in [-0.4, -0.2) is 29.4 Å². The molecule has 0 radical (unpaired) electrons. The van der Waals surface area contributed by atoms with E-state index >= 15 is 0 Å². The van der Waals surface area contributed by atoms with Gasteiger partial charge >= 0.3 is 0 Å². The second kappa shape index (κ2) is 6.70. The first-order chi connectivity index (χ1) is 13.7. The summed E-state index contributed by atoms with van der Waals surface area (Å²) in [5.41, 5.74) is 1.97. The Morgan fingerprint density at radius 1 is 1.21 bits per heavy atom. The lowest BCUT2D eigenvalue weighted by atomic mass is 9.80. The van der Waals surface area contributed by atoms with Crippen LogP contribution in [0.25, 0.3) is 17.0 Å². The fourth-order valence-corrected chi connectivity index (χ4v) is 3.43. The topological polar surface area (TPSA) is 70.1 Å². The van der Waals surface area contributed by atoms with E-state index < -0.39 is 0 Å². The van der Waals surface area contributed by atoms with Gasteiger partial charge in [0, 0.05) is 25.0 Å². The molecule has 142 valence electrons. The van der Waals surface area contributed by atoms with Crippen LogP contribution in [0.15, 0.2) is 42.7 Å². The lowest BCUT2D eigenvalue weighted by Crippen LogP contribution is -2.14. The van der Waals surface area contributed by atoms with Gasteiger partial charge in [-0.3, -0.25) is 0 Å². The SMILES string of the molecule is Cn1ccnc1COc1nn2c(-c3ccccc3F)nnc2cc1C1CCC1. The van der Waals surface area contributed by atoms with Crippen molar-refractivity contribution < 1.29 is 9.13 Å². The summed E-state index contributed by atoms with van der Waals surface area (Å²) in [5.74, 6) is 1.73. The van der Waals surface area contributed by atoms with E-state index in [2.05, 4.69) is 20.3 Å². The van der Waals surface area contributed by atoms with E-state index in [4.69, 9.17) is 4.74 Å². The molecule has 0 N–H and O–H groups in total. The maximum absolute atomic E-state index is 14.3. The van der Waals surface area contributed by atoms with Crippen molar-refractivity contribution in [2.45, 2.75) is 31.8 Å². The molecule has 1 fully saturated rings. The third-order valence-corrected chi connectivity index (χ3v) is 5.31. The molecule has 0 spiro atoms. The van der Waals surface area contributed by atoms with Gasteiger partial charge in [0.25, 0.3) is 0 Å². The van der Waals surface area contributed by atoms with Gasteiger partial charge in [0.15, 0.2) is 11.5 Å². The van der Waals surface area contributed by atoms with Crippen molar-refractivity contribution in [2.24, 2.45) is 7.05 Å². The molecule has 0 saturated heterocycles. The van der Waals surface area contributed by atoms with E-state index in [0.717, 1.165) is 24.2 Å². The van der Waals surface area contributed by atoms with Crippen LogP contribution in [0.3, 0.4) is 0 Å². The molecule has 0 aliphatic heterocycles. The number of fused-ring (bicyclic) bond motifs is 1. The normalized spacial score (nSPS) is 14.4. The third-order valence-electron chi connectivity index (χ3n) is 5.31. The molecule has 1 aliphatic rings. The summed E-state index contributed by atoms with van der Waals surface area (Å²) in [6.07, 6.45) is 7.01. The molecule has 3 aromatic heterocycles. The highest BCUT2D eigenvalue weighted by atomic mass is 19.1. The lowest BCUT2D eigenvalue weighted by molar-refractivity contribution is 0.265. The zero-order chi connectivity index (χ0) is 19.1. The standard InChI is InChI=1S/C20H19FN6O/c1-26-10-9-22-18(26)12-28-20-15(13-5-4-6-13)11-17-23-24-19(27(17)25-20)14-7-2-3-8-16(14)21/h2-3,7-11,13H,4-6,12H2,1H3. The molecule has 1 aromatic carbocycles. The quantitative estimate of drug-likeness (QED) is 0.531. The van der Waals surface area contributed by atoms with Crippen LogP contribution in [-0.2, 0) is 13.7 Å². The van der Waals surface area contributed by atoms with Gasteiger partial charge in [-0.1, -0.05) is 18.6 Å². The minimum absolute atomic E-state index is 0.304. The highest BCUT2D eigenvalue weighted by molar-refractivity contribution is 5.60. The number of ether oxygens (including phenoxy) is 1. The fraction of sp³-hybridized carbons (Fsp3) is 0.300. The molecule has 28 heavy (non-hydrogen) atoms. The molecule has 3 heterocycles. The van der Waals surface area contributed by atoms with Gasteiger partial charge in [-0.15, -0.1) is 15.3 Å². The Kier molecular flexibility index (Phi) is 4.03. The number of rotatable bonds is 5. The molecule has 1 aliphatic carbocycles. The summed E-state index contributed by atoms with van der Waals surface area (Å²) in [4.78, 5) is 4.30. The summed E-state index contributed by atoms with van der Waals surface area (Å²) in [6.45, 7) is 0.304. The second-order valence-electron chi connectivity index (χ2n) is 7.05. The van der Waals surface area contributed by atoms with E-state index in [1.54, 1.807) is 28.9 Å². The fourth-order valence-electron chi connectivity index (χ4n) is 3.43. The molecule has 4 aromatic rings. The molecule has 0 amide bonds. The summed E-state index contributed by atoms with van der Waals surface area (Å²) in [5, 5.41) is 13.0. The Hall–Kier alpha value is -3.29. The van der Waals surface area contributed by atoms with Crippen LogP contribution < -0.4 is 4.74 Å². The van der Waals surface area contributed by atoms with E-state index in [-0.39, 0.29) is 5.82 Å². The van der Waals surface area contributed by atoms with Gasteiger partial charge in [-0.05, 0) is 37.0 Å². The Morgan fingerprint density at radius 3 is 2.79 bits per heavy atom. The summed E-state index contributed by atoms with van der Waals surface area (Å²) in [7, 11) is 1.92. The molecule has 8 heteroatoms. The predicted octanol–water partition coefficient (Wildman–Crippen LogP) is 3.51. The highest BCUT2D eigenvalue weighted by Crippen LogP contribution is 2.40. The van der Waals surface area contributed by atoms with Gasteiger partial charge in [-0.2, -0.15) is 4.52 Å². The number of aryl methyl sites for hydroxylation is 1. The number of nitrogens with zero attached hydrogens (tertiary/aromatic N) is 6. The number of aromatic nitrogens is 6. The smallest absolute Gasteiger partial charge is 0.235 e. The van der Waals surface area contributed by atoms with Crippen molar-refractivity contribution in [3.05, 3.63) is 59.9 Å². The van der Waals surface area contributed by atoms with Gasteiger partial charge in [0.05, 0.1) is 5.56 Å². The van der Waals surface area contributed by atoms with E-state index in [1.807, 2.05) is 23.9 Å². The van der Waals surface area contributed by atoms with Crippen molar-refractivity contribution in [1.82, 2.24) is 29.4 Å². The zero-order valence-electron chi connectivity index (χ0n) is 15.4. The Bertz CT molecular complexity index is 1150. The second-order valence-corrected chi connectivity index (χ2v) is 7.05. The molecule has 0 unspecified atom stereocenters. The van der Waals surface area contributed by atoms with E-state index in [0.29, 0.717) is 35.4 Å². The van der Waals surface area contributed by atoms with Gasteiger partial charge in [-0.25, -0.2) is 9.37 Å². The van der Waals surface area contributed by atoms with Crippen LogP contribution in [0, 0.1) is 5.82 Å². The van der Waals surface area contributed by atoms with Gasteiger partial charge < -0.3 is 9.30 Å². The number of imidazole rings is 1. The molecular formula is C20H19FN6O. The zero-order valence-corrected chi connectivity index (χ0v) is 15.4. The minimum atomic E-state index is -0.364. The number of hydrogen-bond donors (Lipinski definition) is 0. The van der Waals surface area contributed by atoms with Crippen LogP contribution >= 0.6 is 0 Å². The van der Waals surface area contributed by atoms with Crippen LogP contribution in [0.4, 0.5) is 4.39 Å². The molecule has 7 nitrogen and oxygen atoms in total. The maximum Gasteiger partial charge on any atom is 0.235 e. The van der Waals surface area contributed by atoms with Crippen molar-refractivity contribution in [3.63, 3.8) is 0 Å². The molecule has 0 atom stereocenters. The van der Waals surface area contributed by atoms with E-state index in [9.17, 15) is 4.39 Å². The Labute approximate surface area is 160 Å². The monoisotopic (exact) mass is 378 g/mol. The Balaban J connectivity index is 1.58. The average molecular weight is 378 g/mol. The largest absolute Gasteiger partial charge is 0.468 e. The summed E-state index contributed by atoms with van der Waals surface area (Å²) in [6, 6.07) is 8.44. The molecule has 5 rings (SSSR count). The lowest BCUT2D eigenvalue weighted by Gasteiger charge is -2.26. The number of halogens is 1. The summed E-state index contributed by atoms with van der Waals surface area (Å²) >= 11 is 0. The van der Waals surface area contributed by atoms with E-state index in [1.165, 1.54) is 12.5 Å². The maximum atomic E-state index is 14.3. The Morgan fingerprint density at radius 2 is 2.07 bits per heavy atom. The minimum Gasteiger partial charge on any atom is -0.468 e. The van der Waals surface area contributed by atoms with Crippen LogP contribution in [0.2, 0.25) is 0 Å². The highest BCUT2D eigenvalue weighted by Gasteiger charge is 2.26. The van der Waals surface area contributed by atoms with Crippen molar-refractivity contribution in [2.75, 3.05) is 0 Å². The first-order valence-corrected chi connectivity index (χ1v) is 9.31. The number of benzene rings is 1. The van der Waals surface area contributed by atoms with Crippen LogP contribution in [0.5, 0.6) is 5.88 Å². The van der Waals surface area contributed by atoms with Gasteiger partial charge in [0.1, 0.15) is 18.2 Å². The third kappa shape index (κ3) is 2.81. The molecule has 0 bridgehead atoms. The summed E-state index contributed by atoms with van der Waals surface area (Å²) < 4.78 is 23.8. The van der Waals surface area contributed by atoms with Crippen molar-refractivity contribution in [1.29, 1.82) is 0 Å². The first kappa shape index (κ1) is 16.9. The predicted molar refractivity (Wildman–Crippen MR) is 100 cm³/mol.